The monoisotopic (exact) mass is 390 g/mol. The summed E-state index contributed by atoms with van der Waals surface area (Å²) < 4.78 is 5.23. The van der Waals surface area contributed by atoms with E-state index in [1.54, 1.807) is 42.5 Å². The normalized spacial score (nSPS) is 10.5. The van der Waals surface area contributed by atoms with Gasteiger partial charge >= 0.3 is 5.97 Å². The maximum atomic E-state index is 12.1. The summed E-state index contributed by atoms with van der Waals surface area (Å²) in [6.45, 7) is 0. The number of esters is 1. The molecule has 3 rings (SSSR count). The third-order valence-corrected chi connectivity index (χ3v) is 3.68. The highest BCUT2D eigenvalue weighted by molar-refractivity contribution is 5.93. The summed E-state index contributed by atoms with van der Waals surface area (Å²) in [4.78, 5) is 37.9. The van der Waals surface area contributed by atoms with Crippen molar-refractivity contribution in [3.05, 3.63) is 99.9 Å². The lowest BCUT2D eigenvalue weighted by Crippen LogP contribution is -2.18. The van der Waals surface area contributed by atoms with Crippen LogP contribution in [-0.4, -0.2) is 28.0 Å². The Balaban J connectivity index is 1.56. The van der Waals surface area contributed by atoms with Crippen molar-refractivity contribution in [3.8, 4) is 5.75 Å². The number of benzene rings is 2. The molecule has 0 bridgehead atoms. The second-order valence-corrected chi connectivity index (χ2v) is 5.68. The number of hydrogen-bond donors (Lipinski definition) is 1. The molecule has 144 valence electrons. The van der Waals surface area contributed by atoms with Crippen LogP contribution in [0.15, 0.2) is 78.0 Å². The van der Waals surface area contributed by atoms with Crippen molar-refractivity contribution in [2.24, 2.45) is 5.10 Å². The Morgan fingerprint density at radius 1 is 1.03 bits per heavy atom. The molecule has 0 fully saturated rings. The van der Waals surface area contributed by atoms with E-state index in [4.69, 9.17) is 4.74 Å². The number of nitrogens with zero attached hydrogens (tertiary/aromatic N) is 3. The molecule has 0 atom stereocenters. The minimum Gasteiger partial charge on any atom is -0.423 e. The van der Waals surface area contributed by atoms with Gasteiger partial charge < -0.3 is 4.74 Å². The number of carbonyl (C=O) groups excluding carboxylic acids is 2. The van der Waals surface area contributed by atoms with Crippen molar-refractivity contribution in [3.63, 3.8) is 0 Å². The summed E-state index contributed by atoms with van der Waals surface area (Å²) in [5, 5.41) is 14.5. The Kier molecular flexibility index (Phi) is 6.01. The number of non-ortho nitro benzene ring substituents is 1. The molecule has 1 aromatic heterocycles. The van der Waals surface area contributed by atoms with Gasteiger partial charge in [0.05, 0.1) is 16.7 Å². The Labute approximate surface area is 164 Å². The van der Waals surface area contributed by atoms with Gasteiger partial charge in [0.25, 0.3) is 11.6 Å². The summed E-state index contributed by atoms with van der Waals surface area (Å²) in [7, 11) is 0. The first-order chi connectivity index (χ1) is 14.0. The van der Waals surface area contributed by atoms with E-state index >= 15 is 0 Å². The van der Waals surface area contributed by atoms with Crippen LogP contribution in [0.3, 0.4) is 0 Å². The number of pyridine rings is 1. The molecule has 0 saturated carbocycles. The minimum absolute atomic E-state index is 0.111. The molecule has 3 aromatic rings. The summed E-state index contributed by atoms with van der Waals surface area (Å²) in [5.41, 5.74) is 3.36. The number of nitrogens with one attached hydrogen (secondary N) is 1. The van der Waals surface area contributed by atoms with E-state index in [2.05, 4.69) is 15.5 Å². The molecular formula is C20H14N4O5. The summed E-state index contributed by atoms with van der Waals surface area (Å²) >= 11 is 0. The van der Waals surface area contributed by atoms with Crippen molar-refractivity contribution in [2.75, 3.05) is 0 Å². The van der Waals surface area contributed by atoms with E-state index in [-0.39, 0.29) is 16.9 Å². The first kappa shape index (κ1) is 19.4. The largest absolute Gasteiger partial charge is 0.423 e. The number of hydrazone groups is 1. The van der Waals surface area contributed by atoms with Gasteiger partial charge in [-0.3, -0.25) is 19.9 Å². The van der Waals surface area contributed by atoms with Gasteiger partial charge in [-0.2, -0.15) is 5.10 Å². The topological polar surface area (TPSA) is 124 Å². The van der Waals surface area contributed by atoms with Crippen LogP contribution in [0.1, 0.15) is 26.4 Å². The second-order valence-electron chi connectivity index (χ2n) is 5.68. The smallest absolute Gasteiger partial charge is 0.343 e. The van der Waals surface area contributed by atoms with E-state index in [0.717, 1.165) is 0 Å². The highest BCUT2D eigenvalue weighted by Crippen LogP contribution is 2.16. The van der Waals surface area contributed by atoms with Gasteiger partial charge in [0, 0.05) is 18.3 Å². The fourth-order valence-electron chi connectivity index (χ4n) is 2.23. The number of nitro benzene ring substituents is 1. The molecule has 0 aliphatic rings. The first-order valence-corrected chi connectivity index (χ1v) is 8.34. The average Bonchev–Trinajstić information content (AvgIpc) is 2.75. The maximum absolute atomic E-state index is 12.1. The molecule has 0 unspecified atom stereocenters. The standard InChI is InChI=1S/C20H14N4O5/c25-19(18-3-1-2-12-21-18)23-22-13-14-4-10-17(11-5-14)29-20(26)15-6-8-16(9-7-15)24(27)28/h1-13H,(H,23,25). The van der Waals surface area contributed by atoms with E-state index in [1.807, 2.05) is 0 Å². The van der Waals surface area contributed by atoms with Gasteiger partial charge in [0.15, 0.2) is 0 Å². The molecule has 1 N–H and O–H groups in total. The molecule has 9 nitrogen and oxygen atoms in total. The summed E-state index contributed by atoms with van der Waals surface area (Å²) in [6, 6.07) is 16.5. The van der Waals surface area contributed by atoms with Gasteiger partial charge in [0.2, 0.25) is 0 Å². The molecule has 0 aliphatic heterocycles. The van der Waals surface area contributed by atoms with E-state index in [9.17, 15) is 19.7 Å². The van der Waals surface area contributed by atoms with Crippen LogP contribution < -0.4 is 10.2 Å². The number of nitro groups is 1. The minimum atomic E-state index is -0.635. The van der Waals surface area contributed by atoms with E-state index < -0.39 is 16.8 Å². The van der Waals surface area contributed by atoms with Crippen molar-refractivity contribution < 1.29 is 19.2 Å². The van der Waals surface area contributed by atoms with Crippen molar-refractivity contribution >= 4 is 23.8 Å². The van der Waals surface area contributed by atoms with E-state index in [1.165, 1.54) is 36.7 Å². The Morgan fingerprint density at radius 3 is 2.38 bits per heavy atom. The van der Waals surface area contributed by atoms with Crippen molar-refractivity contribution in [2.45, 2.75) is 0 Å². The third-order valence-electron chi connectivity index (χ3n) is 3.68. The summed E-state index contributed by atoms with van der Waals surface area (Å²) in [6.07, 6.45) is 2.94. The molecule has 0 saturated heterocycles. The van der Waals surface area contributed by atoms with Crippen LogP contribution in [0.4, 0.5) is 5.69 Å². The predicted octanol–water partition coefficient (Wildman–Crippen LogP) is 2.97. The number of ether oxygens (including phenoxy) is 1. The number of hydrogen-bond acceptors (Lipinski definition) is 7. The lowest BCUT2D eigenvalue weighted by Gasteiger charge is -2.04. The zero-order valence-electron chi connectivity index (χ0n) is 14.9. The quantitative estimate of drug-likeness (QED) is 0.227. The molecule has 9 heteroatoms. The SMILES string of the molecule is O=C(Oc1ccc(C=NNC(=O)c2ccccn2)cc1)c1ccc([N+](=O)[O-])cc1. The maximum Gasteiger partial charge on any atom is 0.343 e. The van der Waals surface area contributed by atoms with Gasteiger partial charge in [-0.05, 0) is 54.1 Å². The fraction of sp³-hybridized carbons (Fsp3) is 0. The van der Waals surface area contributed by atoms with Gasteiger partial charge in [-0.15, -0.1) is 0 Å². The number of aromatic nitrogens is 1. The van der Waals surface area contributed by atoms with Crippen molar-refractivity contribution in [1.82, 2.24) is 10.4 Å². The van der Waals surface area contributed by atoms with Crippen LogP contribution in [-0.2, 0) is 0 Å². The number of carbonyl (C=O) groups is 2. The molecular weight excluding hydrogens is 376 g/mol. The third kappa shape index (κ3) is 5.30. The molecule has 0 radical (unpaired) electrons. The molecule has 2 aromatic carbocycles. The molecule has 29 heavy (non-hydrogen) atoms. The molecule has 1 amide bonds. The lowest BCUT2D eigenvalue weighted by atomic mass is 10.2. The molecule has 0 spiro atoms. The zero-order chi connectivity index (χ0) is 20.6. The van der Waals surface area contributed by atoms with Crippen LogP contribution in [0.25, 0.3) is 0 Å². The Hall–Kier alpha value is -4.40. The fourth-order valence-corrected chi connectivity index (χ4v) is 2.23. The Morgan fingerprint density at radius 2 is 1.76 bits per heavy atom. The summed E-state index contributed by atoms with van der Waals surface area (Å²) in [5.74, 6) is -0.775. The van der Waals surface area contributed by atoms with Gasteiger partial charge in [0.1, 0.15) is 11.4 Å². The van der Waals surface area contributed by atoms with Gasteiger partial charge in [-0.1, -0.05) is 6.07 Å². The highest BCUT2D eigenvalue weighted by atomic mass is 16.6. The lowest BCUT2D eigenvalue weighted by molar-refractivity contribution is -0.384. The van der Waals surface area contributed by atoms with Crippen LogP contribution >= 0.6 is 0 Å². The predicted molar refractivity (Wildman–Crippen MR) is 104 cm³/mol. The van der Waals surface area contributed by atoms with Crippen LogP contribution in [0, 0.1) is 10.1 Å². The van der Waals surface area contributed by atoms with Gasteiger partial charge in [-0.25, -0.2) is 10.2 Å². The number of rotatable bonds is 6. The first-order valence-electron chi connectivity index (χ1n) is 8.34. The second kappa shape index (κ2) is 9.00. The number of amides is 1. The van der Waals surface area contributed by atoms with Crippen LogP contribution in [0.5, 0.6) is 5.75 Å². The molecule has 0 aliphatic carbocycles. The van der Waals surface area contributed by atoms with Crippen molar-refractivity contribution in [1.29, 1.82) is 0 Å². The Bertz CT molecular complexity index is 1050. The van der Waals surface area contributed by atoms with E-state index in [0.29, 0.717) is 11.3 Å². The highest BCUT2D eigenvalue weighted by Gasteiger charge is 2.11. The zero-order valence-corrected chi connectivity index (χ0v) is 14.9. The van der Waals surface area contributed by atoms with Crippen LogP contribution in [0.2, 0.25) is 0 Å². The average molecular weight is 390 g/mol. The molecule has 1 heterocycles.